The molecule has 3 aromatic rings. The Morgan fingerprint density at radius 1 is 1.15 bits per heavy atom. The Morgan fingerprint density at radius 3 is 2.64 bits per heavy atom. The molecule has 0 bridgehead atoms. The van der Waals surface area contributed by atoms with Gasteiger partial charge in [0.1, 0.15) is 23.0 Å². The van der Waals surface area contributed by atoms with E-state index in [1.165, 1.54) is 0 Å². The summed E-state index contributed by atoms with van der Waals surface area (Å²) in [5.74, 6) is -3.49. The Hall–Kier alpha value is -3.86. The topological polar surface area (TPSA) is 92.3 Å². The van der Waals surface area contributed by atoms with Crippen molar-refractivity contribution in [3.8, 4) is 11.5 Å². The Morgan fingerprint density at radius 2 is 1.94 bits per heavy atom. The second-order valence-electron chi connectivity index (χ2n) is 6.12. The smallest absolute Gasteiger partial charge is 0.417 e. The van der Waals surface area contributed by atoms with Crippen LogP contribution in [0.25, 0.3) is 0 Å². The molecule has 0 unspecified atom stereocenters. The molecule has 0 aliphatic carbocycles. The standard InChI is InChI=1S/C21H15ClF4N4O3/c1-27-19(31)18-10-13(6-7-28-18)33-12-3-5-17(16(23)9-12)30-20(32)29-11-2-4-15(22)14(8-11)21(24,25)26/h2-10H,1H3,(H,27,31)(H2,29,30,32)/i1+1D3,6D,7D,10D. The molecular weight excluding hydrogens is 469 g/mol. The normalized spacial score (nSPS) is 14.0. The average Bonchev–Trinajstić information content (AvgIpc) is 2.80. The minimum absolute atomic E-state index is 0.280. The van der Waals surface area contributed by atoms with Crippen LogP contribution in [-0.4, -0.2) is 23.9 Å². The molecule has 1 heterocycles. The summed E-state index contributed by atoms with van der Waals surface area (Å²) in [5.41, 5.74) is -2.73. The summed E-state index contributed by atoms with van der Waals surface area (Å²) in [4.78, 5) is 27.8. The van der Waals surface area contributed by atoms with Crippen LogP contribution in [0, 0.1) is 5.82 Å². The van der Waals surface area contributed by atoms with Crippen molar-refractivity contribution in [3.05, 3.63) is 76.8 Å². The first-order chi connectivity index (χ1) is 18.0. The van der Waals surface area contributed by atoms with Gasteiger partial charge in [0.2, 0.25) is 0 Å². The third-order valence-corrected chi connectivity index (χ3v) is 4.17. The van der Waals surface area contributed by atoms with Gasteiger partial charge in [0.15, 0.2) is 0 Å². The van der Waals surface area contributed by atoms with E-state index in [2.05, 4.69) is 15.6 Å². The lowest BCUT2D eigenvalue weighted by atomic mass is 10.2. The number of urea groups is 1. The van der Waals surface area contributed by atoms with Crippen molar-refractivity contribution in [2.45, 2.75) is 6.18 Å². The van der Waals surface area contributed by atoms with Crippen LogP contribution in [0.5, 0.6) is 11.5 Å². The van der Waals surface area contributed by atoms with E-state index in [-0.39, 0.29) is 11.4 Å². The van der Waals surface area contributed by atoms with Crippen molar-refractivity contribution in [3.63, 3.8) is 0 Å². The number of ether oxygens (including phenoxy) is 1. The molecule has 0 fully saturated rings. The van der Waals surface area contributed by atoms with Gasteiger partial charge in [-0.15, -0.1) is 0 Å². The molecule has 33 heavy (non-hydrogen) atoms. The number of rotatable bonds is 5. The number of amides is 3. The zero-order valence-corrected chi connectivity index (χ0v) is 16.8. The molecule has 3 amide bonds. The fourth-order valence-electron chi connectivity index (χ4n) is 2.40. The molecule has 0 spiro atoms. The van der Waals surface area contributed by atoms with Crippen LogP contribution in [0.15, 0.2) is 54.7 Å². The number of hydrogen-bond donors (Lipinski definition) is 3. The number of carbonyl (C=O) groups is 2. The van der Waals surface area contributed by atoms with Gasteiger partial charge in [-0.25, -0.2) is 9.18 Å². The van der Waals surface area contributed by atoms with E-state index in [0.29, 0.717) is 12.1 Å². The van der Waals surface area contributed by atoms with Crippen molar-refractivity contribution < 1.29 is 40.1 Å². The number of pyridine rings is 1. The predicted octanol–water partition coefficient (Wildman–Crippen LogP) is 5.69. The molecule has 7 nitrogen and oxygen atoms in total. The summed E-state index contributed by atoms with van der Waals surface area (Å²) in [6, 6.07) is 2.70. The quantitative estimate of drug-likeness (QED) is 0.317. The number of aromatic nitrogens is 1. The average molecular weight is 490 g/mol. The van der Waals surface area contributed by atoms with Crippen molar-refractivity contribution in [1.82, 2.24) is 10.3 Å². The molecule has 0 atom stereocenters. The predicted molar refractivity (Wildman–Crippen MR) is 113 cm³/mol. The Bertz CT molecular complexity index is 1460. The van der Waals surface area contributed by atoms with Crippen LogP contribution in [0.3, 0.4) is 0 Å². The first-order valence-electron chi connectivity index (χ1n) is 11.7. The Balaban J connectivity index is 1.79. The van der Waals surface area contributed by atoms with E-state index < -0.39 is 76.9 Å². The lowest BCUT2D eigenvalue weighted by Gasteiger charge is -2.13. The van der Waals surface area contributed by atoms with Gasteiger partial charge in [0, 0.05) is 35.1 Å². The molecule has 2 aromatic carbocycles. The molecule has 0 saturated heterocycles. The van der Waals surface area contributed by atoms with Crippen LogP contribution >= 0.6 is 11.6 Å². The van der Waals surface area contributed by atoms with Gasteiger partial charge in [-0.2, -0.15) is 13.2 Å². The highest BCUT2D eigenvalue weighted by molar-refractivity contribution is 6.31. The van der Waals surface area contributed by atoms with Gasteiger partial charge in [-0.3, -0.25) is 9.78 Å². The van der Waals surface area contributed by atoms with Crippen molar-refractivity contribution >= 4 is 34.9 Å². The number of benzene rings is 2. The van der Waals surface area contributed by atoms with Gasteiger partial charge in [0.25, 0.3) is 5.91 Å². The molecule has 12 heteroatoms. The fourth-order valence-corrected chi connectivity index (χ4v) is 2.63. The van der Waals surface area contributed by atoms with Crippen LogP contribution in [0.1, 0.15) is 24.3 Å². The van der Waals surface area contributed by atoms with Gasteiger partial charge in [0.05, 0.1) is 20.4 Å². The molecular formula is C21H15ClF4N4O3. The second-order valence-corrected chi connectivity index (χ2v) is 6.53. The lowest BCUT2D eigenvalue weighted by Crippen LogP contribution is -2.20. The molecule has 172 valence electrons. The number of nitrogens with zero attached hydrogens (tertiary/aromatic N) is 1. The maximum atomic E-state index is 14.6. The number of carbonyl (C=O) groups excluding carboxylic acids is 2. The summed E-state index contributed by atoms with van der Waals surface area (Å²) in [5, 5.41) is 5.19. The highest BCUT2D eigenvalue weighted by atomic mass is 35.5. The highest BCUT2D eigenvalue weighted by Gasteiger charge is 2.33. The Labute approximate surface area is 198 Å². The van der Waals surface area contributed by atoms with Crippen LogP contribution < -0.4 is 20.7 Å². The number of halogens is 5. The lowest BCUT2D eigenvalue weighted by molar-refractivity contribution is -0.137. The van der Waals surface area contributed by atoms with Crippen molar-refractivity contribution in [2.75, 3.05) is 17.6 Å². The van der Waals surface area contributed by atoms with E-state index in [1.807, 2.05) is 0 Å². The molecule has 1 aromatic heterocycles. The number of alkyl halides is 3. The molecule has 3 rings (SSSR count). The highest BCUT2D eigenvalue weighted by Crippen LogP contribution is 2.36. The summed E-state index contributed by atoms with van der Waals surface area (Å²) < 4.78 is 104. The van der Waals surface area contributed by atoms with Crippen molar-refractivity contribution in [1.29, 1.82) is 0 Å². The zero-order chi connectivity index (χ0) is 29.3. The molecule has 0 radical (unpaired) electrons. The summed E-state index contributed by atoms with van der Waals surface area (Å²) in [6.45, 7) is -2.93. The van der Waals surface area contributed by atoms with Crippen LogP contribution in [0.2, 0.25) is 5.02 Å². The minimum Gasteiger partial charge on any atom is -0.457 e. The monoisotopic (exact) mass is 489 g/mol. The SMILES string of the molecule is [2H]c1nc(C(=O)N[13C]([2H])([2H])[2H])c([2H])c(Oc2ccc(NC(=O)Nc3ccc(Cl)c(C(F)(F)F)c3)c(F)c2)c1[2H]. The first-order valence-corrected chi connectivity index (χ1v) is 9.06. The summed E-state index contributed by atoms with van der Waals surface area (Å²) in [6.07, 6.45) is -5.61. The minimum atomic E-state index is -4.78. The van der Waals surface area contributed by atoms with Crippen molar-refractivity contribution in [2.24, 2.45) is 0 Å². The van der Waals surface area contributed by atoms with Gasteiger partial charge < -0.3 is 20.7 Å². The maximum absolute atomic E-state index is 14.6. The third-order valence-electron chi connectivity index (χ3n) is 3.84. The summed E-state index contributed by atoms with van der Waals surface area (Å²) >= 11 is 5.53. The number of nitrogens with one attached hydrogen (secondary N) is 3. The third kappa shape index (κ3) is 6.10. The molecule has 3 N–H and O–H groups in total. The van der Waals surface area contributed by atoms with E-state index >= 15 is 0 Å². The fraction of sp³-hybridized carbons (Fsp3) is 0.0952. The largest absolute Gasteiger partial charge is 0.457 e. The van der Waals surface area contributed by atoms with Crippen LogP contribution in [0.4, 0.5) is 33.7 Å². The van der Waals surface area contributed by atoms with E-state index in [4.69, 9.17) is 24.6 Å². The molecule has 0 aliphatic heterocycles. The number of hydrogen-bond acceptors (Lipinski definition) is 4. The van der Waals surface area contributed by atoms with Crippen LogP contribution in [-0.2, 0) is 6.18 Å². The van der Waals surface area contributed by atoms with E-state index in [9.17, 15) is 27.2 Å². The second kappa shape index (κ2) is 9.74. The van der Waals surface area contributed by atoms with E-state index in [0.717, 1.165) is 24.3 Å². The molecule has 0 aliphatic rings. The van der Waals surface area contributed by atoms with Gasteiger partial charge in [-0.1, -0.05) is 11.6 Å². The van der Waals surface area contributed by atoms with Gasteiger partial charge in [-0.05, 0) is 36.4 Å². The van der Waals surface area contributed by atoms with E-state index in [1.54, 1.807) is 5.32 Å². The van der Waals surface area contributed by atoms with Gasteiger partial charge >= 0.3 is 12.2 Å². The number of anilines is 2. The Kier molecular flexibility index (Phi) is 4.94. The maximum Gasteiger partial charge on any atom is 0.417 e. The first kappa shape index (κ1) is 16.7. The molecule has 0 saturated carbocycles. The summed E-state index contributed by atoms with van der Waals surface area (Å²) in [7, 11) is 0. The zero-order valence-electron chi connectivity index (χ0n) is 22.0.